The molecule has 1 heterocycles. The molecule has 118 valence electrons. The Hall–Kier alpha value is -3.19. The lowest BCUT2D eigenvalue weighted by Gasteiger charge is -2.14. The Morgan fingerprint density at radius 2 is 1.28 bits per heavy atom. The Bertz CT molecular complexity index is 1040. The summed E-state index contributed by atoms with van der Waals surface area (Å²) >= 11 is 0. The molecule has 0 fully saturated rings. The molecular weight excluding hydrogens is 302 g/mol. The molecule has 0 aromatic heterocycles. The number of hydrogen-bond donors (Lipinski definition) is 0. The molecule has 0 atom stereocenters. The van der Waals surface area contributed by atoms with Gasteiger partial charge in [-0.1, -0.05) is 78.9 Å². The van der Waals surface area contributed by atoms with E-state index in [-0.39, 0.29) is 0 Å². The van der Waals surface area contributed by atoms with Gasteiger partial charge in [0, 0.05) is 16.7 Å². The van der Waals surface area contributed by atoms with Gasteiger partial charge < -0.3 is 0 Å². The Labute approximate surface area is 147 Å². The summed E-state index contributed by atoms with van der Waals surface area (Å²) in [6.45, 7) is 0. The lowest BCUT2D eigenvalue weighted by molar-refractivity contribution is 1.39. The third-order valence-corrected chi connectivity index (χ3v) is 4.87. The number of allylic oxidation sites excluding steroid dienone is 4. The van der Waals surface area contributed by atoms with Gasteiger partial charge in [-0.25, -0.2) is 4.99 Å². The molecule has 1 heteroatoms. The highest BCUT2D eigenvalue weighted by Crippen LogP contribution is 2.43. The topological polar surface area (TPSA) is 12.4 Å². The van der Waals surface area contributed by atoms with Crippen LogP contribution in [0.3, 0.4) is 0 Å². The largest absolute Gasteiger partial charge is 0.247 e. The molecule has 25 heavy (non-hydrogen) atoms. The number of rotatable bonds is 2. The molecule has 0 amide bonds. The molecule has 0 spiro atoms. The van der Waals surface area contributed by atoms with Crippen LogP contribution in [-0.4, -0.2) is 5.71 Å². The molecular formula is C24H17N. The summed E-state index contributed by atoms with van der Waals surface area (Å²) < 4.78 is 0. The average Bonchev–Trinajstić information content (AvgIpc) is 3.07. The highest BCUT2D eigenvalue weighted by Gasteiger charge is 2.26. The zero-order chi connectivity index (χ0) is 16.6. The van der Waals surface area contributed by atoms with Crippen LogP contribution in [0.1, 0.15) is 17.5 Å². The number of aliphatic imine (C=N–C) groups is 1. The van der Waals surface area contributed by atoms with Crippen LogP contribution in [0.25, 0.3) is 22.3 Å². The van der Waals surface area contributed by atoms with Crippen molar-refractivity contribution in [3.63, 3.8) is 0 Å². The predicted octanol–water partition coefficient (Wildman–Crippen LogP) is 6.31. The Morgan fingerprint density at radius 1 is 0.600 bits per heavy atom. The van der Waals surface area contributed by atoms with Crippen molar-refractivity contribution in [2.45, 2.75) is 6.42 Å². The summed E-state index contributed by atoms with van der Waals surface area (Å²) in [4.78, 5) is 4.95. The molecule has 0 unspecified atom stereocenters. The van der Waals surface area contributed by atoms with Crippen LogP contribution < -0.4 is 0 Å². The summed E-state index contributed by atoms with van der Waals surface area (Å²) in [5.74, 6) is 0. The molecule has 0 bridgehead atoms. The second kappa shape index (κ2) is 5.71. The van der Waals surface area contributed by atoms with Crippen molar-refractivity contribution in [3.8, 4) is 11.1 Å². The van der Waals surface area contributed by atoms with Crippen LogP contribution in [0.4, 0.5) is 5.69 Å². The fraction of sp³-hybridized carbons (Fsp3) is 0.0417. The molecule has 0 saturated heterocycles. The highest BCUT2D eigenvalue weighted by molar-refractivity contribution is 6.48. The number of nitrogens with zero attached hydrogens (tertiary/aromatic N) is 1. The Kier molecular flexibility index (Phi) is 3.24. The third-order valence-electron chi connectivity index (χ3n) is 4.87. The molecule has 1 nitrogen and oxygen atoms in total. The molecule has 3 aromatic carbocycles. The van der Waals surface area contributed by atoms with Gasteiger partial charge in [0.1, 0.15) is 0 Å². The van der Waals surface area contributed by atoms with Crippen molar-refractivity contribution >= 4 is 22.5 Å². The maximum absolute atomic E-state index is 4.95. The van der Waals surface area contributed by atoms with Crippen LogP contribution in [0.15, 0.2) is 96.0 Å². The quantitative estimate of drug-likeness (QED) is 0.525. The lowest BCUT2D eigenvalue weighted by Crippen LogP contribution is -2.05. The van der Waals surface area contributed by atoms with Gasteiger partial charge in [0.05, 0.1) is 11.4 Å². The lowest BCUT2D eigenvalue weighted by atomic mass is 9.88. The summed E-state index contributed by atoms with van der Waals surface area (Å²) in [6, 6.07) is 27.7. The van der Waals surface area contributed by atoms with Crippen LogP contribution in [-0.2, 0) is 0 Å². The minimum atomic E-state index is 0.952. The van der Waals surface area contributed by atoms with Crippen molar-refractivity contribution in [2.75, 3.05) is 0 Å². The molecule has 0 radical (unpaired) electrons. The zero-order valence-corrected chi connectivity index (χ0v) is 13.8. The van der Waals surface area contributed by atoms with Gasteiger partial charge in [-0.15, -0.1) is 0 Å². The molecule has 5 rings (SSSR count). The molecule has 0 saturated carbocycles. The smallest absolute Gasteiger partial charge is 0.0788 e. The van der Waals surface area contributed by atoms with Crippen molar-refractivity contribution in [2.24, 2.45) is 4.99 Å². The van der Waals surface area contributed by atoms with E-state index in [1.165, 1.54) is 33.4 Å². The standard InChI is InChI=1S/C24H17N/c1-3-8-17(9-4-1)19-14-15-23-22(16-19)21-13-7-12-20(24(21)25-23)18-10-5-2-6-11-18/h1-6,8-16H,7H2. The molecule has 0 N–H and O–H groups in total. The van der Waals surface area contributed by atoms with Gasteiger partial charge in [0.15, 0.2) is 0 Å². The Morgan fingerprint density at radius 3 is 2.04 bits per heavy atom. The van der Waals surface area contributed by atoms with E-state index in [0.717, 1.165) is 17.8 Å². The van der Waals surface area contributed by atoms with Gasteiger partial charge >= 0.3 is 0 Å². The van der Waals surface area contributed by atoms with E-state index in [4.69, 9.17) is 4.99 Å². The summed E-state index contributed by atoms with van der Waals surface area (Å²) in [6.07, 6.45) is 5.53. The van der Waals surface area contributed by atoms with Crippen molar-refractivity contribution < 1.29 is 0 Å². The number of hydrogen-bond acceptors (Lipinski definition) is 1. The van der Waals surface area contributed by atoms with E-state index < -0.39 is 0 Å². The van der Waals surface area contributed by atoms with E-state index in [1.54, 1.807) is 0 Å². The van der Waals surface area contributed by atoms with Crippen molar-refractivity contribution in [1.29, 1.82) is 0 Å². The highest BCUT2D eigenvalue weighted by atomic mass is 14.8. The SMILES string of the molecule is C1=C(c2ccccc2)C2=Nc3ccc(-c4ccccc4)cc3C2=CC1. The van der Waals surface area contributed by atoms with Gasteiger partial charge in [-0.05, 0) is 35.2 Å². The van der Waals surface area contributed by atoms with E-state index >= 15 is 0 Å². The van der Waals surface area contributed by atoms with E-state index in [2.05, 4.69) is 91.0 Å². The van der Waals surface area contributed by atoms with E-state index in [0.29, 0.717) is 0 Å². The van der Waals surface area contributed by atoms with Gasteiger partial charge in [0.2, 0.25) is 0 Å². The second-order valence-corrected chi connectivity index (χ2v) is 6.40. The van der Waals surface area contributed by atoms with Gasteiger partial charge in [0.25, 0.3) is 0 Å². The van der Waals surface area contributed by atoms with E-state index in [1.807, 2.05) is 0 Å². The van der Waals surface area contributed by atoms with E-state index in [9.17, 15) is 0 Å². The molecule has 1 aliphatic heterocycles. The Balaban J connectivity index is 1.58. The van der Waals surface area contributed by atoms with Crippen molar-refractivity contribution in [1.82, 2.24) is 0 Å². The van der Waals surface area contributed by atoms with Crippen LogP contribution in [0.2, 0.25) is 0 Å². The summed E-state index contributed by atoms with van der Waals surface area (Å²) in [5.41, 5.74) is 9.68. The predicted molar refractivity (Wildman–Crippen MR) is 106 cm³/mol. The average molecular weight is 319 g/mol. The van der Waals surface area contributed by atoms with Crippen molar-refractivity contribution in [3.05, 3.63) is 102 Å². The van der Waals surface area contributed by atoms with Crippen LogP contribution >= 0.6 is 0 Å². The van der Waals surface area contributed by atoms with Crippen LogP contribution in [0, 0.1) is 0 Å². The first-order valence-corrected chi connectivity index (χ1v) is 8.65. The monoisotopic (exact) mass is 319 g/mol. The molecule has 2 aliphatic rings. The normalized spacial score (nSPS) is 15.0. The summed E-state index contributed by atoms with van der Waals surface area (Å²) in [7, 11) is 0. The minimum Gasteiger partial charge on any atom is -0.247 e. The maximum atomic E-state index is 4.95. The van der Waals surface area contributed by atoms with Gasteiger partial charge in [-0.3, -0.25) is 0 Å². The fourth-order valence-corrected chi connectivity index (χ4v) is 3.64. The second-order valence-electron chi connectivity index (χ2n) is 6.40. The first-order valence-electron chi connectivity index (χ1n) is 8.65. The number of benzene rings is 3. The number of fused-ring (bicyclic) bond motifs is 3. The zero-order valence-electron chi connectivity index (χ0n) is 13.8. The maximum Gasteiger partial charge on any atom is 0.0788 e. The minimum absolute atomic E-state index is 0.952. The molecule has 1 aliphatic carbocycles. The first-order chi connectivity index (χ1) is 12.4. The summed E-state index contributed by atoms with van der Waals surface area (Å²) in [5, 5.41) is 0. The van der Waals surface area contributed by atoms with Gasteiger partial charge in [-0.2, -0.15) is 0 Å². The molecule has 3 aromatic rings. The first kappa shape index (κ1) is 14.2. The third kappa shape index (κ3) is 2.36. The van der Waals surface area contributed by atoms with Crippen LogP contribution in [0.5, 0.6) is 0 Å². The fourth-order valence-electron chi connectivity index (χ4n) is 3.64.